The van der Waals surface area contributed by atoms with E-state index in [1.165, 1.54) is 12.3 Å². The number of hydrogen-bond acceptors (Lipinski definition) is 3. The zero-order valence-corrected chi connectivity index (χ0v) is 7.97. The monoisotopic (exact) mass is 224 g/mol. The normalized spacial score (nSPS) is 13.4. The first-order chi connectivity index (χ1) is 5.13. The third-order valence-electron chi connectivity index (χ3n) is 1.06. The number of rotatable bonds is 4. The van der Waals surface area contributed by atoms with Crippen molar-refractivity contribution in [2.45, 2.75) is 18.3 Å². The van der Waals surface area contributed by atoms with Gasteiger partial charge < -0.3 is 0 Å². The first-order valence-electron chi connectivity index (χ1n) is 3.05. The van der Waals surface area contributed by atoms with Gasteiger partial charge in [-0.2, -0.15) is 0 Å². The van der Waals surface area contributed by atoms with E-state index >= 15 is 0 Å². The van der Waals surface area contributed by atoms with Crippen LogP contribution in [0, 0.1) is 5.21 Å². The van der Waals surface area contributed by atoms with Crippen molar-refractivity contribution in [3.63, 3.8) is 0 Å². The molecule has 0 aliphatic heterocycles. The van der Waals surface area contributed by atoms with Crippen LogP contribution in [0.5, 0.6) is 0 Å². The minimum atomic E-state index is -1.10. The Bertz CT molecular complexity index is 160. The molecule has 0 aliphatic rings. The SMILES string of the molecule is CC=CN([O-])[C@@H](C[SeH])C(=O)O. The molecule has 0 fully saturated rings. The van der Waals surface area contributed by atoms with E-state index in [4.69, 9.17) is 5.11 Å². The standard InChI is InChI=1S/C6H10NO3Se/c1-2-3-7(10)5(4-11)6(8)9/h2-3,5,11H,4H2,1H3,(H,8,9)/q-1/t5-/m0/s1. The van der Waals surface area contributed by atoms with Crippen molar-refractivity contribution in [3.8, 4) is 0 Å². The van der Waals surface area contributed by atoms with Crippen LogP contribution in [0.3, 0.4) is 0 Å². The van der Waals surface area contributed by atoms with Crippen LogP contribution in [-0.4, -0.2) is 38.2 Å². The number of aliphatic carboxylic acids is 1. The average Bonchev–Trinajstić information content (AvgIpc) is 1.88. The van der Waals surface area contributed by atoms with Crippen molar-refractivity contribution in [3.05, 3.63) is 17.5 Å². The maximum absolute atomic E-state index is 10.9. The number of hydroxylamine groups is 2. The van der Waals surface area contributed by atoms with Crippen LogP contribution < -0.4 is 0 Å². The molecule has 0 radical (unpaired) electrons. The van der Waals surface area contributed by atoms with Gasteiger partial charge in [-0.25, -0.2) is 0 Å². The van der Waals surface area contributed by atoms with E-state index in [2.05, 4.69) is 16.0 Å². The van der Waals surface area contributed by atoms with E-state index in [-0.39, 0.29) is 5.32 Å². The van der Waals surface area contributed by atoms with Crippen molar-refractivity contribution < 1.29 is 9.90 Å². The van der Waals surface area contributed by atoms with E-state index in [1.54, 1.807) is 6.92 Å². The van der Waals surface area contributed by atoms with Gasteiger partial charge in [0, 0.05) is 0 Å². The second-order valence-corrected chi connectivity index (χ2v) is 2.65. The molecule has 0 saturated carbocycles. The Morgan fingerprint density at radius 3 is 2.73 bits per heavy atom. The fourth-order valence-corrected chi connectivity index (χ4v) is 1.18. The summed E-state index contributed by atoms with van der Waals surface area (Å²) in [6, 6.07) is -0.980. The quantitative estimate of drug-likeness (QED) is 0.542. The zero-order valence-electron chi connectivity index (χ0n) is 6.10. The van der Waals surface area contributed by atoms with E-state index in [9.17, 15) is 10.0 Å². The molecule has 0 aliphatic carbocycles. The maximum atomic E-state index is 10.9. The van der Waals surface area contributed by atoms with E-state index in [1.807, 2.05) is 0 Å². The second-order valence-electron chi connectivity index (χ2n) is 1.88. The van der Waals surface area contributed by atoms with E-state index < -0.39 is 12.0 Å². The van der Waals surface area contributed by atoms with Crippen molar-refractivity contribution in [1.29, 1.82) is 0 Å². The number of carboxylic acid groups (broad SMARTS) is 1. The molecule has 0 spiro atoms. The van der Waals surface area contributed by atoms with Gasteiger partial charge in [-0.3, -0.25) is 0 Å². The summed E-state index contributed by atoms with van der Waals surface area (Å²) in [5, 5.41) is 20.0. The van der Waals surface area contributed by atoms with Gasteiger partial charge in [0.1, 0.15) is 0 Å². The Morgan fingerprint density at radius 1 is 1.91 bits per heavy atom. The minimum absolute atomic E-state index is 0.246. The van der Waals surface area contributed by atoms with Gasteiger partial charge in [0.25, 0.3) is 0 Å². The molecule has 4 nitrogen and oxygen atoms in total. The summed E-state index contributed by atoms with van der Waals surface area (Å²) in [6.45, 7) is 1.66. The van der Waals surface area contributed by atoms with Crippen molar-refractivity contribution >= 4 is 22.0 Å². The molecule has 0 saturated heterocycles. The van der Waals surface area contributed by atoms with Crippen LogP contribution in [0.4, 0.5) is 0 Å². The van der Waals surface area contributed by atoms with E-state index in [0.29, 0.717) is 5.06 Å². The molecule has 0 rings (SSSR count). The van der Waals surface area contributed by atoms with Crippen LogP contribution in [0.25, 0.3) is 0 Å². The molecule has 0 aromatic rings. The zero-order chi connectivity index (χ0) is 8.85. The number of carboxylic acids is 1. The molecule has 0 bridgehead atoms. The third-order valence-corrected chi connectivity index (χ3v) is 1.79. The fourth-order valence-electron chi connectivity index (χ4n) is 0.518. The molecular formula is C6H10NO3Se-. The van der Waals surface area contributed by atoms with Crippen molar-refractivity contribution in [2.75, 3.05) is 0 Å². The molecule has 0 aromatic carbocycles. The van der Waals surface area contributed by atoms with Gasteiger partial charge >= 0.3 is 72.7 Å². The Balaban J connectivity index is 4.13. The van der Waals surface area contributed by atoms with Crippen molar-refractivity contribution in [2.24, 2.45) is 0 Å². The van der Waals surface area contributed by atoms with Gasteiger partial charge in [-0.05, 0) is 0 Å². The molecule has 0 heterocycles. The first-order valence-corrected chi connectivity index (χ1v) is 4.38. The summed E-state index contributed by atoms with van der Waals surface area (Å²) in [5.41, 5.74) is 0. The number of nitrogens with zero attached hydrogens (tertiary/aromatic N) is 1. The van der Waals surface area contributed by atoms with Gasteiger partial charge in [-0.15, -0.1) is 0 Å². The van der Waals surface area contributed by atoms with Gasteiger partial charge in [-0.1, -0.05) is 0 Å². The Hall–Kier alpha value is -0.511. The fraction of sp³-hybridized carbons (Fsp3) is 0.500. The summed E-state index contributed by atoms with van der Waals surface area (Å²) < 4.78 is 0. The summed E-state index contributed by atoms with van der Waals surface area (Å²) in [4.78, 5) is 10.4. The summed E-state index contributed by atoms with van der Waals surface area (Å²) in [6.07, 6.45) is 2.71. The second kappa shape index (κ2) is 5.18. The number of allylic oxidation sites excluding steroid dienone is 1. The van der Waals surface area contributed by atoms with Crippen LogP contribution in [0.2, 0.25) is 5.32 Å². The molecule has 1 atom stereocenters. The Morgan fingerprint density at radius 2 is 2.45 bits per heavy atom. The predicted octanol–water partition coefficient (Wildman–Crippen LogP) is 0.0921. The Labute approximate surface area is 73.3 Å². The molecule has 64 valence electrons. The van der Waals surface area contributed by atoms with Gasteiger partial charge in [0.15, 0.2) is 0 Å². The topological polar surface area (TPSA) is 63.6 Å². The number of hydrogen-bond donors (Lipinski definition) is 1. The molecule has 0 aromatic heterocycles. The molecule has 1 N–H and O–H groups in total. The summed E-state index contributed by atoms with van der Waals surface area (Å²) in [5.74, 6) is -1.10. The summed E-state index contributed by atoms with van der Waals surface area (Å²) >= 11 is 2.08. The number of carbonyl (C=O) groups is 1. The average molecular weight is 223 g/mol. The van der Waals surface area contributed by atoms with Crippen LogP contribution in [-0.2, 0) is 4.79 Å². The first kappa shape index (κ1) is 10.5. The van der Waals surface area contributed by atoms with Gasteiger partial charge in [0.2, 0.25) is 0 Å². The van der Waals surface area contributed by atoms with Crippen LogP contribution in [0.15, 0.2) is 12.3 Å². The Kier molecular flexibility index (Phi) is 4.94. The molecule has 11 heavy (non-hydrogen) atoms. The third kappa shape index (κ3) is 3.41. The van der Waals surface area contributed by atoms with Crippen LogP contribution in [0.1, 0.15) is 6.92 Å². The predicted molar refractivity (Wildman–Crippen MR) is 43.4 cm³/mol. The molecule has 0 amide bonds. The molecular weight excluding hydrogens is 213 g/mol. The van der Waals surface area contributed by atoms with Gasteiger partial charge in [0.05, 0.1) is 0 Å². The van der Waals surface area contributed by atoms with Crippen LogP contribution >= 0.6 is 0 Å². The van der Waals surface area contributed by atoms with E-state index in [0.717, 1.165) is 0 Å². The molecule has 0 unspecified atom stereocenters. The molecule has 5 heteroatoms. The van der Waals surface area contributed by atoms with Crippen molar-refractivity contribution in [1.82, 2.24) is 5.06 Å². The summed E-state index contributed by atoms with van der Waals surface area (Å²) in [7, 11) is 0.